The average Bonchev–Trinajstić information content (AvgIpc) is 2.81. The van der Waals surface area contributed by atoms with E-state index in [4.69, 9.17) is 0 Å². The second-order valence-electron chi connectivity index (χ2n) is 4.96. The van der Waals surface area contributed by atoms with Gasteiger partial charge >= 0.3 is 0 Å². The van der Waals surface area contributed by atoms with E-state index in [9.17, 15) is 14.4 Å². The summed E-state index contributed by atoms with van der Waals surface area (Å²) in [6, 6.07) is 10.3. The Morgan fingerprint density at radius 1 is 0.682 bits per heavy atom. The van der Waals surface area contributed by atoms with Crippen molar-refractivity contribution in [3.05, 3.63) is 58.7 Å². The predicted molar refractivity (Wildman–Crippen MR) is 86.7 cm³/mol. The van der Waals surface area contributed by atoms with Gasteiger partial charge in [-0.15, -0.1) is 0 Å². The summed E-state index contributed by atoms with van der Waals surface area (Å²) in [4.78, 5) is 35.2. The molecule has 0 aromatic heterocycles. The van der Waals surface area contributed by atoms with Crippen molar-refractivity contribution >= 4 is 17.3 Å². The van der Waals surface area contributed by atoms with Gasteiger partial charge in [0, 0.05) is 22.3 Å². The Kier molecular flexibility index (Phi) is 4.36. The first-order chi connectivity index (χ1) is 10.5. The van der Waals surface area contributed by atoms with Crippen LogP contribution in [-0.2, 0) is 0 Å². The fourth-order valence-electron chi connectivity index (χ4n) is 2.52. The first kappa shape index (κ1) is 15.8. The SMILES string of the molecule is CC.CC(=O)c1ccc2c(c1)C(=O)c1cc(C(C)=O)ccc1-2. The Hall–Kier alpha value is -2.55. The highest BCUT2D eigenvalue weighted by atomic mass is 16.1. The highest BCUT2D eigenvalue weighted by Gasteiger charge is 2.27. The molecule has 1 aliphatic rings. The van der Waals surface area contributed by atoms with Gasteiger partial charge in [-0.05, 0) is 37.1 Å². The van der Waals surface area contributed by atoms with E-state index in [2.05, 4.69) is 0 Å². The van der Waals surface area contributed by atoms with Gasteiger partial charge in [0.1, 0.15) is 0 Å². The number of carbonyl (C=O) groups excluding carboxylic acids is 3. The number of hydrogen-bond donors (Lipinski definition) is 0. The van der Waals surface area contributed by atoms with Crippen LogP contribution in [0.2, 0.25) is 0 Å². The summed E-state index contributed by atoms with van der Waals surface area (Å²) in [7, 11) is 0. The van der Waals surface area contributed by atoms with Crippen molar-refractivity contribution in [1.82, 2.24) is 0 Å². The molecule has 112 valence electrons. The summed E-state index contributed by atoms with van der Waals surface area (Å²) in [5, 5.41) is 0. The molecule has 0 saturated heterocycles. The van der Waals surface area contributed by atoms with E-state index in [0.717, 1.165) is 11.1 Å². The summed E-state index contributed by atoms with van der Waals surface area (Å²) < 4.78 is 0. The molecule has 3 rings (SSSR count). The van der Waals surface area contributed by atoms with Crippen LogP contribution >= 0.6 is 0 Å². The molecule has 2 aromatic carbocycles. The molecule has 0 N–H and O–H groups in total. The summed E-state index contributed by atoms with van der Waals surface area (Å²) in [5.41, 5.74) is 3.77. The summed E-state index contributed by atoms with van der Waals surface area (Å²) in [5.74, 6) is -0.261. The highest BCUT2D eigenvalue weighted by Crippen LogP contribution is 2.37. The van der Waals surface area contributed by atoms with Gasteiger partial charge < -0.3 is 0 Å². The number of carbonyl (C=O) groups is 3. The van der Waals surface area contributed by atoms with Crippen molar-refractivity contribution in [2.24, 2.45) is 0 Å². The topological polar surface area (TPSA) is 51.2 Å². The van der Waals surface area contributed by atoms with Gasteiger partial charge in [0.2, 0.25) is 0 Å². The van der Waals surface area contributed by atoms with E-state index in [1.807, 2.05) is 13.8 Å². The van der Waals surface area contributed by atoms with Gasteiger partial charge in [0.25, 0.3) is 0 Å². The second kappa shape index (κ2) is 6.06. The molecule has 0 amide bonds. The molecule has 0 bridgehead atoms. The van der Waals surface area contributed by atoms with Gasteiger partial charge in [-0.2, -0.15) is 0 Å². The maximum atomic E-state index is 12.4. The molecule has 0 saturated carbocycles. The second-order valence-corrected chi connectivity index (χ2v) is 4.96. The Morgan fingerprint density at radius 3 is 1.36 bits per heavy atom. The fraction of sp³-hybridized carbons (Fsp3) is 0.211. The van der Waals surface area contributed by atoms with E-state index in [1.165, 1.54) is 13.8 Å². The molecule has 22 heavy (non-hydrogen) atoms. The van der Waals surface area contributed by atoms with Crippen molar-refractivity contribution in [3.63, 3.8) is 0 Å². The van der Waals surface area contributed by atoms with Gasteiger partial charge in [-0.25, -0.2) is 0 Å². The van der Waals surface area contributed by atoms with Crippen LogP contribution in [0.15, 0.2) is 36.4 Å². The minimum absolute atomic E-state index is 0.0685. The van der Waals surface area contributed by atoms with Crippen LogP contribution in [0.4, 0.5) is 0 Å². The van der Waals surface area contributed by atoms with Crippen molar-refractivity contribution in [3.8, 4) is 11.1 Å². The van der Waals surface area contributed by atoms with E-state index >= 15 is 0 Å². The minimum Gasteiger partial charge on any atom is -0.295 e. The smallest absolute Gasteiger partial charge is 0.194 e. The van der Waals surface area contributed by atoms with E-state index in [1.54, 1.807) is 36.4 Å². The maximum Gasteiger partial charge on any atom is 0.194 e. The zero-order chi connectivity index (χ0) is 16.4. The zero-order valence-corrected chi connectivity index (χ0v) is 13.2. The molecule has 0 radical (unpaired) electrons. The van der Waals surface area contributed by atoms with Crippen LogP contribution < -0.4 is 0 Å². The highest BCUT2D eigenvalue weighted by molar-refractivity contribution is 6.23. The Morgan fingerprint density at radius 2 is 1.05 bits per heavy atom. The Balaban J connectivity index is 0.000000847. The van der Waals surface area contributed by atoms with E-state index < -0.39 is 0 Å². The normalized spacial score (nSPS) is 11.2. The predicted octanol–water partition coefficient (Wildman–Crippen LogP) is 4.33. The molecule has 0 spiro atoms. The van der Waals surface area contributed by atoms with E-state index in [-0.39, 0.29) is 17.3 Å². The summed E-state index contributed by atoms with van der Waals surface area (Å²) in [6.07, 6.45) is 0. The number of hydrogen-bond acceptors (Lipinski definition) is 3. The van der Waals surface area contributed by atoms with Crippen LogP contribution in [0.1, 0.15) is 64.3 Å². The maximum absolute atomic E-state index is 12.4. The molecule has 3 heteroatoms. The first-order valence-electron chi connectivity index (χ1n) is 7.34. The Labute approximate surface area is 130 Å². The molecule has 3 nitrogen and oxygen atoms in total. The molecular formula is C19H18O3. The third-order valence-electron chi connectivity index (χ3n) is 3.63. The van der Waals surface area contributed by atoms with Gasteiger partial charge in [0.05, 0.1) is 0 Å². The van der Waals surface area contributed by atoms with Gasteiger partial charge in [-0.3, -0.25) is 14.4 Å². The number of benzene rings is 2. The molecule has 1 aliphatic carbocycles. The summed E-state index contributed by atoms with van der Waals surface area (Å²) >= 11 is 0. The number of Topliss-reactive ketones (excluding diaryl/α,β-unsaturated/α-hetero) is 2. The van der Waals surface area contributed by atoms with Crippen molar-refractivity contribution in [1.29, 1.82) is 0 Å². The monoisotopic (exact) mass is 294 g/mol. The van der Waals surface area contributed by atoms with Crippen LogP contribution in [0.3, 0.4) is 0 Å². The molecule has 0 atom stereocenters. The lowest BCUT2D eigenvalue weighted by molar-refractivity contribution is 0.100. The van der Waals surface area contributed by atoms with Crippen LogP contribution in [0.25, 0.3) is 11.1 Å². The van der Waals surface area contributed by atoms with Crippen molar-refractivity contribution < 1.29 is 14.4 Å². The lowest BCUT2D eigenvalue weighted by Gasteiger charge is -2.02. The van der Waals surface area contributed by atoms with Crippen molar-refractivity contribution in [2.75, 3.05) is 0 Å². The van der Waals surface area contributed by atoms with Crippen LogP contribution in [0, 0.1) is 0 Å². The minimum atomic E-state index is -0.124. The lowest BCUT2D eigenvalue weighted by atomic mass is 10.0. The third kappa shape index (κ3) is 2.50. The Bertz CT molecular complexity index is 720. The number of rotatable bonds is 2. The largest absolute Gasteiger partial charge is 0.295 e. The van der Waals surface area contributed by atoms with Crippen molar-refractivity contribution in [2.45, 2.75) is 27.7 Å². The van der Waals surface area contributed by atoms with Gasteiger partial charge in [0.15, 0.2) is 17.3 Å². The van der Waals surface area contributed by atoms with Gasteiger partial charge in [-0.1, -0.05) is 38.1 Å². The van der Waals surface area contributed by atoms with E-state index in [0.29, 0.717) is 22.3 Å². The molecule has 0 aliphatic heterocycles. The van der Waals surface area contributed by atoms with Crippen LogP contribution in [0.5, 0.6) is 0 Å². The quantitative estimate of drug-likeness (QED) is 0.661. The average molecular weight is 294 g/mol. The molecule has 0 fully saturated rings. The van der Waals surface area contributed by atoms with Crippen LogP contribution in [-0.4, -0.2) is 17.3 Å². The standard InChI is InChI=1S/C17H12O3.C2H6/c1-9(18)11-3-5-13-14-6-4-12(10(2)19)8-16(14)17(20)15(13)7-11;1-2/h3-8H,1-2H3;1-2H3. The third-order valence-corrected chi connectivity index (χ3v) is 3.63. The molecule has 0 heterocycles. The first-order valence-corrected chi connectivity index (χ1v) is 7.34. The molecule has 2 aromatic rings. The molecular weight excluding hydrogens is 276 g/mol. The lowest BCUT2D eigenvalue weighted by Crippen LogP contribution is -2.00. The molecule has 0 unspecified atom stereocenters. The fourth-order valence-corrected chi connectivity index (χ4v) is 2.52. The number of fused-ring (bicyclic) bond motifs is 3. The summed E-state index contributed by atoms with van der Waals surface area (Å²) in [6.45, 7) is 6.95. The zero-order valence-electron chi connectivity index (χ0n) is 13.2. The number of ketones is 3.